The van der Waals surface area contributed by atoms with E-state index in [-0.39, 0.29) is 0 Å². The molecule has 0 aliphatic carbocycles. The molecule has 4 nitrogen and oxygen atoms in total. The van der Waals surface area contributed by atoms with Crippen LogP contribution in [0.25, 0.3) is 0 Å². The summed E-state index contributed by atoms with van der Waals surface area (Å²) in [6.07, 6.45) is 2.94. The largest absolute Gasteiger partial charge is 0.493 e. The molecule has 0 radical (unpaired) electrons. The van der Waals surface area contributed by atoms with Crippen LogP contribution in [-0.2, 0) is 6.54 Å². The van der Waals surface area contributed by atoms with Crippen LogP contribution < -0.4 is 20.1 Å². The van der Waals surface area contributed by atoms with Gasteiger partial charge in [-0.1, -0.05) is 12.7 Å². The molecule has 0 heterocycles. The van der Waals surface area contributed by atoms with E-state index in [4.69, 9.17) is 9.47 Å². The maximum Gasteiger partial charge on any atom is 0.175 e. The molecular formula is C15H25BrN2O2+2. The number of quaternary nitrogens is 2. The number of rotatable bonds is 10. The van der Waals surface area contributed by atoms with Crippen molar-refractivity contribution in [3.8, 4) is 11.5 Å². The van der Waals surface area contributed by atoms with Crippen LogP contribution in [-0.4, -0.2) is 33.9 Å². The highest BCUT2D eigenvalue weighted by Crippen LogP contribution is 2.36. The van der Waals surface area contributed by atoms with Crippen LogP contribution in [0.5, 0.6) is 11.5 Å². The Labute approximate surface area is 129 Å². The molecule has 0 saturated carbocycles. The second kappa shape index (κ2) is 9.80. The second-order valence-corrected chi connectivity index (χ2v) is 5.39. The molecule has 0 aromatic heterocycles. The van der Waals surface area contributed by atoms with Crippen molar-refractivity contribution in [2.45, 2.75) is 13.0 Å². The predicted molar refractivity (Wildman–Crippen MR) is 84.2 cm³/mol. The van der Waals surface area contributed by atoms with Crippen molar-refractivity contribution in [1.82, 2.24) is 0 Å². The van der Waals surface area contributed by atoms with Gasteiger partial charge in [0.05, 0.1) is 31.7 Å². The van der Waals surface area contributed by atoms with Gasteiger partial charge in [-0.15, -0.1) is 0 Å². The van der Waals surface area contributed by atoms with Crippen molar-refractivity contribution >= 4 is 15.9 Å². The first-order valence-corrected chi connectivity index (χ1v) is 7.71. The highest BCUT2D eigenvalue weighted by Gasteiger charge is 2.12. The minimum atomic E-state index is 0.466. The van der Waals surface area contributed by atoms with Crippen LogP contribution >= 0.6 is 15.9 Å². The molecule has 112 valence electrons. The molecule has 0 unspecified atom stereocenters. The van der Waals surface area contributed by atoms with E-state index in [0.717, 1.165) is 29.1 Å². The molecule has 0 saturated heterocycles. The van der Waals surface area contributed by atoms with Crippen LogP contribution in [0, 0.1) is 0 Å². The monoisotopic (exact) mass is 344 g/mol. The second-order valence-electron chi connectivity index (χ2n) is 4.54. The van der Waals surface area contributed by atoms with Crippen LogP contribution in [0.15, 0.2) is 29.3 Å². The molecule has 0 bridgehead atoms. The fraction of sp³-hybridized carbons (Fsp3) is 0.467. The number of halogens is 1. The highest BCUT2D eigenvalue weighted by molar-refractivity contribution is 9.10. The Morgan fingerprint density at radius 2 is 2.15 bits per heavy atom. The number of nitrogens with two attached hydrogens (primary N) is 2. The lowest BCUT2D eigenvalue weighted by molar-refractivity contribution is -0.682. The highest BCUT2D eigenvalue weighted by atomic mass is 79.9. The maximum absolute atomic E-state index is 5.62. The van der Waals surface area contributed by atoms with E-state index in [1.807, 2.05) is 6.07 Å². The lowest BCUT2D eigenvalue weighted by atomic mass is 10.2. The zero-order chi connectivity index (χ0) is 14.8. The third-order valence-corrected chi connectivity index (χ3v) is 3.50. The summed E-state index contributed by atoms with van der Waals surface area (Å²) in [4.78, 5) is 0. The van der Waals surface area contributed by atoms with Gasteiger partial charge in [0, 0.05) is 12.0 Å². The summed E-state index contributed by atoms with van der Waals surface area (Å²) in [5.74, 6) is 1.49. The van der Waals surface area contributed by atoms with Crippen molar-refractivity contribution in [3.05, 3.63) is 34.8 Å². The summed E-state index contributed by atoms with van der Waals surface area (Å²) in [7, 11) is 3.76. The molecule has 0 aliphatic heterocycles. The first-order valence-electron chi connectivity index (χ1n) is 6.92. The molecule has 1 rings (SSSR count). The van der Waals surface area contributed by atoms with E-state index >= 15 is 0 Å². The minimum Gasteiger partial charge on any atom is -0.493 e. The molecule has 5 heteroatoms. The minimum absolute atomic E-state index is 0.466. The van der Waals surface area contributed by atoms with Gasteiger partial charge >= 0.3 is 0 Å². The van der Waals surface area contributed by atoms with E-state index in [1.54, 1.807) is 13.2 Å². The fourth-order valence-electron chi connectivity index (χ4n) is 1.91. The molecule has 1 aromatic rings. The number of hydrogen-bond acceptors (Lipinski definition) is 2. The van der Waals surface area contributed by atoms with E-state index in [0.29, 0.717) is 6.61 Å². The fourth-order valence-corrected chi connectivity index (χ4v) is 2.51. The average Bonchev–Trinajstić information content (AvgIpc) is 2.45. The van der Waals surface area contributed by atoms with E-state index in [2.05, 4.69) is 46.3 Å². The van der Waals surface area contributed by atoms with Gasteiger partial charge in [0.15, 0.2) is 11.5 Å². The first kappa shape index (κ1) is 17.0. The van der Waals surface area contributed by atoms with Gasteiger partial charge in [-0.2, -0.15) is 0 Å². The van der Waals surface area contributed by atoms with E-state index < -0.39 is 0 Å². The zero-order valence-corrected chi connectivity index (χ0v) is 13.9. The van der Waals surface area contributed by atoms with Crippen LogP contribution in [0.1, 0.15) is 12.0 Å². The predicted octanol–water partition coefficient (Wildman–Crippen LogP) is 0.669. The van der Waals surface area contributed by atoms with Crippen molar-refractivity contribution < 1.29 is 20.1 Å². The number of methoxy groups -OCH3 is 1. The lowest BCUT2D eigenvalue weighted by Crippen LogP contribution is -2.85. The SMILES string of the molecule is C=CCOc1c(Br)cc(C[NH2+]CCC[NH2+]C)cc1OC. The summed E-state index contributed by atoms with van der Waals surface area (Å²) >= 11 is 3.54. The Balaban J connectivity index is 2.64. The Morgan fingerprint density at radius 1 is 1.35 bits per heavy atom. The van der Waals surface area contributed by atoms with Crippen molar-refractivity contribution in [2.24, 2.45) is 0 Å². The van der Waals surface area contributed by atoms with Gasteiger partial charge < -0.3 is 20.1 Å². The molecule has 20 heavy (non-hydrogen) atoms. The van der Waals surface area contributed by atoms with Crippen molar-refractivity contribution in [2.75, 3.05) is 33.9 Å². The summed E-state index contributed by atoms with van der Waals surface area (Å²) in [5.41, 5.74) is 1.22. The van der Waals surface area contributed by atoms with Crippen LogP contribution in [0.3, 0.4) is 0 Å². The summed E-state index contributed by atoms with van der Waals surface area (Å²) in [6.45, 7) is 7.38. The van der Waals surface area contributed by atoms with Gasteiger partial charge in [-0.05, 0) is 28.1 Å². The third-order valence-electron chi connectivity index (χ3n) is 2.92. The normalized spacial score (nSPS) is 10.3. The Bertz CT molecular complexity index is 425. The van der Waals surface area contributed by atoms with Crippen LogP contribution in [0.4, 0.5) is 0 Å². The molecule has 4 N–H and O–H groups in total. The maximum atomic E-state index is 5.62. The van der Waals surface area contributed by atoms with Gasteiger partial charge in [-0.3, -0.25) is 0 Å². The zero-order valence-electron chi connectivity index (χ0n) is 12.3. The molecular weight excluding hydrogens is 320 g/mol. The first-order chi connectivity index (χ1) is 9.72. The third kappa shape index (κ3) is 5.53. The Morgan fingerprint density at radius 3 is 2.80 bits per heavy atom. The summed E-state index contributed by atoms with van der Waals surface area (Å²) in [6, 6.07) is 4.12. The topological polar surface area (TPSA) is 51.7 Å². The van der Waals surface area contributed by atoms with E-state index in [1.165, 1.54) is 18.5 Å². The van der Waals surface area contributed by atoms with Gasteiger partial charge in [0.25, 0.3) is 0 Å². The quantitative estimate of drug-likeness (QED) is 0.484. The van der Waals surface area contributed by atoms with E-state index in [9.17, 15) is 0 Å². The lowest BCUT2D eigenvalue weighted by Gasteiger charge is -2.13. The molecule has 0 aliphatic rings. The molecule has 0 amide bonds. The van der Waals surface area contributed by atoms with Gasteiger partial charge in [0.2, 0.25) is 0 Å². The summed E-state index contributed by atoms with van der Waals surface area (Å²) < 4.78 is 11.9. The standard InChI is InChI=1S/C15H23BrN2O2/c1-4-8-20-15-13(16)9-12(10-14(15)19-3)11-18-7-5-6-17-2/h4,9-10,17-18H,1,5-8,11H2,2-3H3/p+2. The summed E-state index contributed by atoms with van der Waals surface area (Å²) in [5, 5.41) is 4.52. The average molecular weight is 345 g/mol. The number of benzene rings is 1. The van der Waals surface area contributed by atoms with Crippen molar-refractivity contribution in [3.63, 3.8) is 0 Å². The molecule has 0 spiro atoms. The van der Waals surface area contributed by atoms with Gasteiger partial charge in [0.1, 0.15) is 13.2 Å². The number of hydrogen-bond donors (Lipinski definition) is 2. The Hall–Kier alpha value is -1.04. The van der Waals surface area contributed by atoms with Crippen LogP contribution in [0.2, 0.25) is 0 Å². The molecule has 0 atom stereocenters. The molecule has 1 aromatic carbocycles. The number of ether oxygens (including phenoxy) is 2. The molecule has 0 fully saturated rings. The van der Waals surface area contributed by atoms with Gasteiger partial charge in [-0.25, -0.2) is 0 Å². The van der Waals surface area contributed by atoms with Crippen molar-refractivity contribution in [1.29, 1.82) is 0 Å². The Kier molecular flexibility index (Phi) is 8.34. The smallest absolute Gasteiger partial charge is 0.175 e.